The van der Waals surface area contributed by atoms with Crippen LogP contribution in [0, 0.1) is 0 Å². The van der Waals surface area contributed by atoms with E-state index in [1.54, 1.807) is 13.2 Å². The van der Waals surface area contributed by atoms with Crippen molar-refractivity contribution in [2.75, 3.05) is 13.7 Å². The third kappa shape index (κ3) is 9.71. The molecule has 1 aromatic heterocycles. The molecule has 1 aromatic carbocycles. The number of aliphatic hydroxyl groups excluding tert-OH is 4. The lowest BCUT2D eigenvalue weighted by molar-refractivity contribution is -0.257. The van der Waals surface area contributed by atoms with Crippen molar-refractivity contribution in [1.82, 2.24) is 20.2 Å². The summed E-state index contributed by atoms with van der Waals surface area (Å²) in [6.45, 7) is 11.1. The van der Waals surface area contributed by atoms with Crippen LogP contribution < -0.4 is 4.74 Å². The summed E-state index contributed by atoms with van der Waals surface area (Å²) in [7, 11) is 1.59. The number of ether oxygens (including phenoxy) is 2. The summed E-state index contributed by atoms with van der Waals surface area (Å²) < 4.78 is 10.5. The van der Waals surface area contributed by atoms with Crippen molar-refractivity contribution in [3.05, 3.63) is 72.1 Å². The molecule has 0 radical (unpaired) electrons. The van der Waals surface area contributed by atoms with Crippen molar-refractivity contribution in [3.8, 4) is 5.75 Å². The highest BCUT2D eigenvalue weighted by molar-refractivity contribution is 5.28. The van der Waals surface area contributed by atoms with Gasteiger partial charge >= 0.3 is 0 Å². The second-order valence-corrected chi connectivity index (χ2v) is 7.90. The summed E-state index contributed by atoms with van der Waals surface area (Å²) >= 11 is 0. The summed E-state index contributed by atoms with van der Waals surface area (Å²) in [5, 5.41) is 50.8. The highest BCUT2D eigenvalue weighted by Crippen LogP contribution is 2.27. The highest BCUT2D eigenvalue weighted by Gasteiger charge is 2.45. The molecule has 0 saturated carbocycles. The first kappa shape index (κ1) is 30.1. The summed E-state index contributed by atoms with van der Waals surface area (Å²) in [6.07, 6.45) is 1.49. The summed E-state index contributed by atoms with van der Waals surface area (Å²) in [4.78, 5) is 1.03. The minimum Gasteiger partial charge on any atom is -0.497 e. The van der Waals surface area contributed by atoms with Crippen LogP contribution in [0.3, 0.4) is 0 Å². The van der Waals surface area contributed by atoms with E-state index in [1.165, 1.54) is 5.57 Å². The SMILES string of the molecule is C=C/C=C\C.CC=C(C)C.COc1ccc(Cc2nnn(C3OC(CO)C(O)C(O)C3O)n2)cc1. The van der Waals surface area contributed by atoms with Crippen LogP contribution in [0.25, 0.3) is 0 Å². The first-order chi connectivity index (χ1) is 16.7. The minimum atomic E-state index is -1.49. The Morgan fingerprint density at radius 1 is 1.11 bits per heavy atom. The first-order valence-electron chi connectivity index (χ1n) is 11.3. The molecule has 3 rings (SSSR count). The van der Waals surface area contributed by atoms with Crippen molar-refractivity contribution < 1.29 is 29.9 Å². The summed E-state index contributed by atoms with van der Waals surface area (Å²) in [5.41, 5.74) is 2.32. The van der Waals surface area contributed by atoms with Gasteiger partial charge in [-0.3, -0.25) is 0 Å². The van der Waals surface area contributed by atoms with E-state index in [2.05, 4.69) is 41.9 Å². The maximum Gasteiger partial charge on any atom is 0.199 e. The van der Waals surface area contributed by atoms with E-state index in [4.69, 9.17) is 9.47 Å². The Kier molecular flexibility index (Phi) is 13.7. The number of methoxy groups -OCH3 is 1. The minimum absolute atomic E-state index is 0.391. The van der Waals surface area contributed by atoms with E-state index in [1.807, 2.05) is 50.3 Å². The van der Waals surface area contributed by atoms with Gasteiger partial charge in [-0.25, -0.2) is 0 Å². The van der Waals surface area contributed by atoms with Crippen molar-refractivity contribution in [3.63, 3.8) is 0 Å². The zero-order valence-corrected chi connectivity index (χ0v) is 21.0. The van der Waals surface area contributed by atoms with E-state index in [0.29, 0.717) is 12.2 Å². The van der Waals surface area contributed by atoms with Gasteiger partial charge in [-0.05, 0) is 50.6 Å². The molecular formula is C25H38N4O6. The number of hydrogen-bond donors (Lipinski definition) is 4. The van der Waals surface area contributed by atoms with Gasteiger partial charge in [0.2, 0.25) is 0 Å². The van der Waals surface area contributed by atoms with Crippen molar-refractivity contribution in [2.45, 2.75) is 64.8 Å². The molecule has 1 aliphatic heterocycles. The third-order valence-electron chi connectivity index (χ3n) is 4.99. The average Bonchev–Trinajstić information content (AvgIpc) is 3.32. The molecule has 4 N–H and O–H groups in total. The fourth-order valence-corrected chi connectivity index (χ4v) is 2.77. The largest absolute Gasteiger partial charge is 0.497 e. The molecule has 35 heavy (non-hydrogen) atoms. The van der Waals surface area contributed by atoms with Crippen molar-refractivity contribution in [1.29, 1.82) is 0 Å². The molecule has 10 heteroatoms. The van der Waals surface area contributed by atoms with Crippen LogP contribution in [0.1, 0.15) is 45.3 Å². The van der Waals surface area contributed by atoms with Gasteiger partial charge in [-0.2, -0.15) is 0 Å². The normalized spacial score (nSPS) is 23.4. The molecule has 2 aromatic rings. The number of allylic oxidation sites excluding steroid dienone is 5. The molecule has 2 heterocycles. The monoisotopic (exact) mass is 490 g/mol. The molecule has 10 nitrogen and oxygen atoms in total. The Hall–Kier alpha value is -2.89. The molecular weight excluding hydrogens is 452 g/mol. The van der Waals surface area contributed by atoms with Crippen LogP contribution in [0.5, 0.6) is 5.75 Å². The number of aromatic nitrogens is 4. The second kappa shape index (κ2) is 15.9. The summed E-state index contributed by atoms with van der Waals surface area (Å²) in [6, 6.07) is 7.37. The molecule has 0 aliphatic carbocycles. The molecule has 5 atom stereocenters. The molecule has 194 valence electrons. The highest BCUT2D eigenvalue weighted by atomic mass is 16.6. The van der Waals surface area contributed by atoms with Gasteiger partial charge in [0, 0.05) is 6.42 Å². The van der Waals surface area contributed by atoms with Crippen molar-refractivity contribution in [2.24, 2.45) is 0 Å². The Labute approximate surface area is 206 Å². The van der Waals surface area contributed by atoms with E-state index in [-0.39, 0.29) is 0 Å². The molecule has 1 fully saturated rings. The van der Waals surface area contributed by atoms with Gasteiger partial charge in [-0.1, -0.05) is 48.6 Å². The fraction of sp³-hybridized carbons (Fsp3) is 0.480. The van der Waals surface area contributed by atoms with E-state index >= 15 is 0 Å². The molecule has 1 aliphatic rings. The third-order valence-corrected chi connectivity index (χ3v) is 4.99. The Balaban J connectivity index is 0.000000519. The zero-order valence-electron chi connectivity index (χ0n) is 21.0. The average molecular weight is 491 g/mol. The molecule has 5 unspecified atom stereocenters. The number of nitrogens with zero attached hydrogens (tertiary/aromatic N) is 4. The number of hydrogen-bond acceptors (Lipinski definition) is 9. The number of tetrazole rings is 1. The lowest BCUT2D eigenvalue weighted by atomic mass is 9.99. The van der Waals surface area contributed by atoms with Crippen LogP contribution in [-0.4, -0.2) is 78.8 Å². The molecule has 1 saturated heterocycles. The number of benzene rings is 1. The molecule has 0 amide bonds. The maximum atomic E-state index is 10.1. The lowest BCUT2D eigenvalue weighted by Crippen LogP contribution is -2.56. The van der Waals surface area contributed by atoms with Crippen LogP contribution in [0.2, 0.25) is 0 Å². The molecule has 0 spiro atoms. The standard InChI is InChI=1S/C15H20N4O6.C5H10.C5H8/c1-24-9-4-2-8(3-5-9)6-11-16-18-19(17-11)15-14(23)13(22)12(21)10(7-20)25-15;1-4-5(2)3;1-3-5-4-2/h2-5,10,12-15,20-23H,6-7H2,1H3;4H,1-3H3;3-5H,1H2,2H3/b;;5-4-. The van der Waals surface area contributed by atoms with Crippen molar-refractivity contribution >= 4 is 0 Å². The van der Waals surface area contributed by atoms with Crippen LogP contribution in [-0.2, 0) is 11.2 Å². The fourth-order valence-electron chi connectivity index (χ4n) is 2.77. The maximum absolute atomic E-state index is 10.1. The lowest BCUT2D eigenvalue weighted by Gasteiger charge is -2.38. The Morgan fingerprint density at radius 3 is 2.20 bits per heavy atom. The Bertz CT molecular complexity index is 922. The number of aliphatic hydroxyl groups is 4. The smallest absolute Gasteiger partial charge is 0.199 e. The Morgan fingerprint density at radius 2 is 1.74 bits per heavy atom. The van der Waals surface area contributed by atoms with Gasteiger partial charge < -0.3 is 29.9 Å². The van der Waals surface area contributed by atoms with Crippen LogP contribution in [0.4, 0.5) is 0 Å². The van der Waals surface area contributed by atoms with E-state index in [9.17, 15) is 20.4 Å². The number of rotatable bonds is 6. The van der Waals surface area contributed by atoms with Gasteiger partial charge in [0.15, 0.2) is 12.1 Å². The van der Waals surface area contributed by atoms with Crippen LogP contribution >= 0.6 is 0 Å². The first-order valence-corrected chi connectivity index (χ1v) is 11.3. The molecule has 0 bridgehead atoms. The second-order valence-electron chi connectivity index (χ2n) is 7.90. The predicted molar refractivity (Wildman–Crippen MR) is 133 cm³/mol. The van der Waals surface area contributed by atoms with E-state index in [0.717, 1.165) is 16.1 Å². The van der Waals surface area contributed by atoms with Gasteiger partial charge in [0.05, 0.1) is 13.7 Å². The van der Waals surface area contributed by atoms with Gasteiger partial charge in [0.25, 0.3) is 0 Å². The topological polar surface area (TPSA) is 143 Å². The van der Waals surface area contributed by atoms with Gasteiger partial charge in [-0.15, -0.1) is 15.0 Å². The zero-order chi connectivity index (χ0) is 26.4. The predicted octanol–water partition coefficient (Wildman–Crippen LogP) is 1.97. The van der Waals surface area contributed by atoms with Crippen LogP contribution in [0.15, 0.2) is 60.7 Å². The van der Waals surface area contributed by atoms with Gasteiger partial charge in [0.1, 0.15) is 30.2 Å². The quantitative estimate of drug-likeness (QED) is 0.353. The summed E-state index contributed by atoms with van der Waals surface area (Å²) in [5.74, 6) is 1.13. The van der Waals surface area contributed by atoms with E-state index < -0.39 is 37.3 Å².